The van der Waals surface area contributed by atoms with Crippen molar-refractivity contribution in [2.24, 2.45) is 0 Å². The normalized spacial score (nSPS) is 21.7. The molecule has 1 unspecified atom stereocenters. The van der Waals surface area contributed by atoms with Gasteiger partial charge in [0, 0.05) is 17.1 Å². The van der Waals surface area contributed by atoms with Gasteiger partial charge < -0.3 is 15.7 Å². The van der Waals surface area contributed by atoms with Crippen LogP contribution in [0.15, 0.2) is 18.2 Å². The maximum atomic E-state index is 12.4. The summed E-state index contributed by atoms with van der Waals surface area (Å²) in [5, 5.41) is 17.5. The number of hydrogen-bond donors (Lipinski definition) is 3. The molecule has 2 rings (SSSR count). The van der Waals surface area contributed by atoms with Crippen molar-refractivity contribution in [1.29, 1.82) is 0 Å². The van der Waals surface area contributed by atoms with E-state index < -0.39 is 12.0 Å². The minimum atomic E-state index is -1.26. The third-order valence-electron chi connectivity index (χ3n) is 4.04. The second-order valence-electron chi connectivity index (χ2n) is 7.58. The Morgan fingerprint density at radius 3 is 2.30 bits per heavy atom. The van der Waals surface area contributed by atoms with Gasteiger partial charge in [0.1, 0.15) is 0 Å². The fourth-order valence-corrected chi connectivity index (χ4v) is 3.84. The first-order valence-corrected chi connectivity index (χ1v) is 8.47. The highest BCUT2D eigenvalue weighted by Crippen LogP contribution is 2.29. The van der Waals surface area contributed by atoms with E-state index in [9.17, 15) is 9.90 Å². The summed E-state index contributed by atoms with van der Waals surface area (Å²) in [4.78, 5) is 12.4. The largest absolute Gasteiger partial charge is 0.378 e. The van der Waals surface area contributed by atoms with Crippen LogP contribution in [0.2, 0.25) is 10.0 Å². The number of carbonyl (C=O) groups excluding carboxylic acids is 1. The van der Waals surface area contributed by atoms with Gasteiger partial charge in [-0.1, -0.05) is 29.3 Å². The number of amides is 1. The van der Waals surface area contributed by atoms with Gasteiger partial charge in [-0.3, -0.25) is 4.79 Å². The molecular weight excluding hydrogens is 335 g/mol. The molecule has 6 heteroatoms. The number of aliphatic hydroxyl groups excluding tert-OH is 1. The zero-order chi connectivity index (χ0) is 17.4. The number of piperidine rings is 1. The first-order valence-electron chi connectivity index (χ1n) is 7.72. The smallest absolute Gasteiger partial charge is 0.253 e. The summed E-state index contributed by atoms with van der Waals surface area (Å²) in [6.45, 7) is 8.45. The molecule has 1 saturated heterocycles. The summed E-state index contributed by atoms with van der Waals surface area (Å²) in [7, 11) is 0. The molecule has 0 radical (unpaired) electrons. The Bertz CT molecular complexity index is 586. The van der Waals surface area contributed by atoms with Crippen LogP contribution in [0.1, 0.15) is 52.2 Å². The lowest BCUT2D eigenvalue weighted by atomic mass is 9.79. The molecule has 1 heterocycles. The topological polar surface area (TPSA) is 61.4 Å². The van der Waals surface area contributed by atoms with Crippen LogP contribution in [0.25, 0.3) is 0 Å². The highest BCUT2D eigenvalue weighted by molar-refractivity contribution is 6.42. The van der Waals surface area contributed by atoms with E-state index in [1.54, 1.807) is 12.1 Å². The van der Waals surface area contributed by atoms with Crippen molar-refractivity contribution in [3.8, 4) is 0 Å². The molecule has 1 atom stereocenters. The average molecular weight is 359 g/mol. The van der Waals surface area contributed by atoms with Crippen LogP contribution in [-0.4, -0.2) is 28.1 Å². The van der Waals surface area contributed by atoms with Crippen molar-refractivity contribution < 1.29 is 9.90 Å². The Morgan fingerprint density at radius 2 is 1.78 bits per heavy atom. The van der Waals surface area contributed by atoms with Crippen molar-refractivity contribution in [1.82, 2.24) is 10.6 Å². The SMILES string of the molecule is CC1(C)CC(NC(=O)C(O)c2ccc(Cl)c(Cl)c2)CC(C)(C)N1. The molecule has 0 bridgehead atoms. The molecule has 1 aromatic carbocycles. The van der Waals surface area contributed by atoms with Crippen molar-refractivity contribution in [3.63, 3.8) is 0 Å². The second kappa shape index (κ2) is 6.60. The van der Waals surface area contributed by atoms with Gasteiger partial charge in [-0.2, -0.15) is 0 Å². The van der Waals surface area contributed by atoms with E-state index in [0.29, 0.717) is 15.6 Å². The zero-order valence-corrected chi connectivity index (χ0v) is 15.4. The van der Waals surface area contributed by atoms with E-state index >= 15 is 0 Å². The van der Waals surface area contributed by atoms with Gasteiger partial charge in [0.25, 0.3) is 5.91 Å². The maximum absolute atomic E-state index is 12.4. The zero-order valence-electron chi connectivity index (χ0n) is 13.9. The number of hydrogen-bond acceptors (Lipinski definition) is 3. The van der Waals surface area contributed by atoms with Gasteiger partial charge in [0.05, 0.1) is 10.0 Å². The first-order chi connectivity index (χ1) is 10.5. The predicted octanol–water partition coefficient (Wildman–Crippen LogP) is 3.45. The number of benzene rings is 1. The third kappa shape index (κ3) is 4.83. The Hall–Kier alpha value is -0.810. The molecule has 3 N–H and O–H groups in total. The van der Waals surface area contributed by atoms with Crippen LogP contribution < -0.4 is 10.6 Å². The van der Waals surface area contributed by atoms with Crippen LogP contribution in [0.4, 0.5) is 0 Å². The minimum Gasteiger partial charge on any atom is -0.378 e. The first kappa shape index (κ1) is 18.5. The van der Waals surface area contributed by atoms with E-state index in [1.165, 1.54) is 6.07 Å². The fourth-order valence-electron chi connectivity index (χ4n) is 3.54. The third-order valence-corrected chi connectivity index (χ3v) is 4.78. The lowest BCUT2D eigenvalue weighted by molar-refractivity contribution is -0.130. The molecule has 1 fully saturated rings. The number of rotatable bonds is 3. The summed E-state index contributed by atoms with van der Waals surface area (Å²) in [5.74, 6) is -0.415. The molecule has 23 heavy (non-hydrogen) atoms. The Kier molecular flexibility index (Phi) is 5.31. The lowest BCUT2D eigenvalue weighted by Crippen LogP contribution is -2.62. The monoisotopic (exact) mass is 358 g/mol. The van der Waals surface area contributed by atoms with E-state index in [0.717, 1.165) is 12.8 Å². The Labute approximate surface area is 147 Å². The maximum Gasteiger partial charge on any atom is 0.253 e. The van der Waals surface area contributed by atoms with Crippen LogP contribution >= 0.6 is 23.2 Å². The van der Waals surface area contributed by atoms with Crippen LogP contribution in [0.5, 0.6) is 0 Å². The fraction of sp³-hybridized carbons (Fsp3) is 0.588. The molecule has 0 saturated carbocycles. The summed E-state index contributed by atoms with van der Waals surface area (Å²) < 4.78 is 0. The number of carbonyl (C=O) groups is 1. The molecule has 1 aromatic rings. The quantitative estimate of drug-likeness (QED) is 0.775. The van der Waals surface area contributed by atoms with Gasteiger partial charge in [0.15, 0.2) is 6.10 Å². The molecule has 128 valence electrons. The van der Waals surface area contributed by atoms with Gasteiger partial charge in [-0.05, 0) is 58.2 Å². The van der Waals surface area contributed by atoms with Crippen LogP contribution in [0.3, 0.4) is 0 Å². The summed E-state index contributed by atoms with van der Waals surface area (Å²) >= 11 is 11.8. The van der Waals surface area contributed by atoms with Crippen molar-refractivity contribution in [2.45, 2.75) is 63.8 Å². The van der Waals surface area contributed by atoms with E-state index in [2.05, 4.69) is 38.3 Å². The molecule has 0 aromatic heterocycles. The van der Waals surface area contributed by atoms with Crippen LogP contribution in [-0.2, 0) is 4.79 Å². The summed E-state index contributed by atoms with van der Waals surface area (Å²) in [6, 6.07) is 4.71. The van der Waals surface area contributed by atoms with E-state index in [-0.39, 0.29) is 17.1 Å². The van der Waals surface area contributed by atoms with E-state index in [1.807, 2.05) is 0 Å². The molecule has 1 aliphatic rings. The van der Waals surface area contributed by atoms with Gasteiger partial charge in [-0.25, -0.2) is 0 Å². The highest BCUT2D eigenvalue weighted by atomic mass is 35.5. The Morgan fingerprint density at radius 1 is 1.22 bits per heavy atom. The van der Waals surface area contributed by atoms with Crippen molar-refractivity contribution >= 4 is 29.1 Å². The molecule has 1 amide bonds. The second-order valence-corrected chi connectivity index (χ2v) is 8.40. The van der Waals surface area contributed by atoms with E-state index in [4.69, 9.17) is 23.2 Å². The molecular formula is C17H24Cl2N2O2. The standard InChI is InChI=1S/C17H24Cl2N2O2/c1-16(2)8-11(9-17(3,4)21-16)20-15(23)14(22)10-5-6-12(18)13(19)7-10/h5-7,11,14,21-22H,8-9H2,1-4H3,(H,20,23). The van der Waals surface area contributed by atoms with Crippen molar-refractivity contribution in [3.05, 3.63) is 33.8 Å². The molecule has 0 spiro atoms. The Balaban J connectivity index is 2.07. The number of nitrogens with one attached hydrogen (secondary N) is 2. The lowest BCUT2D eigenvalue weighted by Gasteiger charge is -2.46. The number of aliphatic hydroxyl groups is 1. The van der Waals surface area contributed by atoms with Crippen molar-refractivity contribution in [2.75, 3.05) is 0 Å². The molecule has 4 nitrogen and oxygen atoms in total. The van der Waals surface area contributed by atoms with Crippen LogP contribution in [0, 0.1) is 0 Å². The van der Waals surface area contributed by atoms with Gasteiger partial charge in [-0.15, -0.1) is 0 Å². The minimum absolute atomic E-state index is 0.00571. The average Bonchev–Trinajstić information content (AvgIpc) is 2.37. The molecule has 0 aliphatic carbocycles. The summed E-state index contributed by atoms with van der Waals surface area (Å²) in [6.07, 6.45) is 0.345. The molecule has 1 aliphatic heterocycles. The van der Waals surface area contributed by atoms with Gasteiger partial charge in [0.2, 0.25) is 0 Å². The highest BCUT2D eigenvalue weighted by Gasteiger charge is 2.38. The number of halogens is 2. The predicted molar refractivity (Wildman–Crippen MR) is 93.9 cm³/mol. The summed E-state index contributed by atoms with van der Waals surface area (Å²) in [5.41, 5.74) is 0.284. The van der Waals surface area contributed by atoms with Gasteiger partial charge >= 0.3 is 0 Å².